The molecule has 0 atom stereocenters. The summed E-state index contributed by atoms with van der Waals surface area (Å²) in [6.45, 7) is 16.3. The van der Waals surface area contributed by atoms with Crippen LogP contribution in [0, 0.1) is 10.8 Å². The molecule has 2 saturated heterocycles. The first kappa shape index (κ1) is 20.6. The van der Waals surface area contributed by atoms with Crippen molar-refractivity contribution in [1.82, 2.24) is 20.0 Å². The van der Waals surface area contributed by atoms with Gasteiger partial charge in [-0.2, -0.15) is 0 Å². The molecule has 6 nitrogen and oxygen atoms in total. The highest BCUT2D eigenvalue weighted by Gasteiger charge is 2.50. The fourth-order valence-electron chi connectivity index (χ4n) is 4.71. The average Bonchev–Trinajstić information content (AvgIpc) is 3.04. The van der Waals surface area contributed by atoms with Crippen molar-refractivity contribution in [3.63, 3.8) is 0 Å². The van der Waals surface area contributed by atoms with Crippen LogP contribution in [0.15, 0.2) is 0 Å². The van der Waals surface area contributed by atoms with Crippen LogP contribution in [-0.2, 0) is 9.59 Å². The third kappa shape index (κ3) is 5.02. The smallest absolute Gasteiger partial charge is 0.225 e. The number of amides is 2. The molecule has 156 valence electrons. The molecule has 0 aromatic rings. The lowest BCUT2D eigenvalue weighted by Gasteiger charge is -2.46. The van der Waals surface area contributed by atoms with E-state index in [4.69, 9.17) is 0 Å². The number of carbonyl (C=O) groups excluding carboxylic acids is 2. The zero-order chi connectivity index (χ0) is 19.7. The Morgan fingerprint density at radius 1 is 1.07 bits per heavy atom. The van der Waals surface area contributed by atoms with Crippen molar-refractivity contribution in [1.29, 1.82) is 0 Å². The standard InChI is InChI=1S/C21H38N4O2.H2/c1-5-23-10-12-24(13-11-23)8-6-18(26)25-9-7-21(16-25)14-17(15-21)22-19(27)20(2,3)4;/h17H,5-16H2,1-4H3,(H,22,27);1H. The maximum absolute atomic E-state index is 12.6. The summed E-state index contributed by atoms with van der Waals surface area (Å²) in [7, 11) is 0. The average molecular weight is 381 g/mol. The van der Waals surface area contributed by atoms with Crippen LogP contribution in [0.4, 0.5) is 0 Å². The second kappa shape index (κ2) is 8.08. The predicted octanol–water partition coefficient (Wildman–Crippen LogP) is 1.80. The van der Waals surface area contributed by atoms with Gasteiger partial charge >= 0.3 is 0 Å². The molecule has 0 unspecified atom stereocenters. The number of hydrogen-bond donors (Lipinski definition) is 1. The third-order valence-corrected chi connectivity index (χ3v) is 6.72. The quantitative estimate of drug-likeness (QED) is 0.790. The molecule has 2 amide bonds. The molecule has 0 bridgehead atoms. The Balaban J connectivity index is 0.00000280. The summed E-state index contributed by atoms with van der Waals surface area (Å²) in [6.07, 6.45) is 3.79. The zero-order valence-electron chi connectivity index (χ0n) is 17.7. The molecule has 1 saturated carbocycles. The highest BCUT2D eigenvalue weighted by molar-refractivity contribution is 5.81. The Kier molecular flexibility index (Phi) is 6.16. The van der Waals surface area contributed by atoms with E-state index in [0.29, 0.717) is 18.4 Å². The van der Waals surface area contributed by atoms with Crippen molar-refractivity contribution >= 4 is 11.8 Å². The molecular formula is C21H40N4O2. The van der Waals surface area contributed by atoms with E-state index >= 15 is 0 Å². The summed E-state index contributed by atoms with van der Waals surface area (Å²) in [6, 6.07) is 0.293. The lowest BCUT2D eigenvalue weighted by Crippen LogP contribution is -2.54. The van der Waals surface area contributed by atoms with E-state index in [2.05, 4.69) is 26.9 Å². The van der Waals surface area contributed by atoms with Crippen LogP contribution in [0.5, 0.6) is 0 Å². The van der Waals surface area contributed by atoms with Crippen LogP contribution in [0.25, 0.3) is 0 Å². The first-order chi connectivity index (χ1) is 12.7. The lowest BCUT2D eigenvalue weighted by molar-refractivity contribution is -0.133. The molecule has 0 radical (unpaired) electrons. The van der Waals surface area contributed by atoms with Crippen molar-refractivity contribution in [3.05, 3.63) is 0 Å². The van der Waals surface area contributed by atoms with Gasteiger partial charge in [0.15, 0.2) is 0 Å². The molecule has 1 aliphatic carbocycles. The summed E-state index contributed by atoms with van der Waals surface area (Å²) in [5.41, 5.74) is -0.0682. The van der Waals surface area contributed by atoms with Gasteiger partial charge in [0.1, 0.15) is 0 Å². The normalized spacial score (nSPS) is 29.8. The van der Waals surface area contributed by atoms with Crippen molar-refractivity contribution < 1.29 is 11.0 Å². The van der Waals surface area contributed by atoms with Gasteiger partial charge in [-0.25, -0.2) is 0 Å². The van der Waals surface area contributed by atoms with Crippen LogP contribution in [0.1, 0.15) is 54.8 Å². The van der Waals surface area contributed by atoms with E-state index in [9.17, 15) is 9.59 Å². The molecule has 2 aliphatic heterocycles. The van der Waals surface area contributed by atoms with E-state index in [1.54, 1.807) is 0 Å². The van der Waals surface area contributed by atoms with Gasteiger partial charge in [0.05, 0.1) is 0 Å². The maximum Gasteiger partial charge on any atom is 0.225 e. The molecule has 1 spiro atoms. The van der Waals surface area contributed by atoms with Crippen molar-refractivity contribution in [2.45, 2.75) is 59.4 Å². The van der Waals surface area contributed by atoms with E-state index in [1.807, 2.05) is 20.8 Å². The largest absolute Gasteiger partial charge is 0.353 e. The predicted molar refractivity (Wildman–Crippen MR) is 110 cm³/mol. The van der Waals surface area contributed by atoms with Gasteiger partial charge in [-0.3, -0.25) is 9.59 Å². The van der Waals surface area contributed by atoms with Gasteiger partial charge in [0.25, 0.3) is 0 Å². The summed E-state index contributed by atoms with van der Waals surface area (Å²) in [5.74, 6) is 0.448. The number of nitrogens with one attached hydrogen (secondary N) is 1. The van der Waals surface area contributed by atoms with Gasteiger partial charge in [-0.1, -0.05) is 27.7 Å². The molecule has 27 heavy (non-hydrogen) atoms. The van der Waals surface area contributed by atoms with Crippen LogP contribution >= 0.6 is 0 Å². The first-order valence-corrected chi connectivity index (χ1v) is 10.7. The minimum absolute atomic E-state index is 0. The minimum Gasteiger partial charge on any atom is -0.353 e. The van der Waals surface area contributed by atoms with Crippen LogP contribution in [0.3, 0.4) is 0 Å². The Bertz CT molecular complexity index is 549. The fraction of sp³-hybridized carbons (Fsp3) is 0.905. The second-order valence-electron chi connectivity index (χ2n) is 9.92. The summed E-state index contributed by atoms with van der Waals surface area (Å²) < 4.78 is 0. The molecule has 0 aromatic heterocycles. The van der Waals surface area contributed by atoms with Crippen molar-refractivity contribution in [2.75, 3.05) is 52.4 Å². The lowest BCUT2D eigenvalue weighted by atomic mass is 9.64. The van der Waals surface area contributed by atoms with Gasteiger partial charge < -0.3 is 20.0 Å². The Morgan fingerprint density at radius 3 is 2.30 bits per heavy atom. The number of likely N-dealkylation sites (tertiary alicyclic amines) is 1. The number of piperazine rings is 1. The van der Waals surface area contributed by atoms with Crippen molar-refractivity contribution in [2.24, 2.45) is 10.8 Å². The number of likely N-dealkylation sites (N-methyl/N-ethyl adjacent to an activating group) is 1. The monoisotopic (exact) mass is 380 g/mol. The fourth-order valence-corrected chi connectivity index (χ4v) is 4.71. The minimum atomic E-state index is -0.330. The molecule has 3 aliphatic rings. The van der Waals surface area contributed by atoms with E-state index < -0.39 is 0 Å². The number of rotatable bonds is 5. The van der Waals surface area contributed by atoms with E-state index in [0.717, 1.165) is 71.6 Å². The molecule has 6 heteroatoms. The summed E-state index contributed by atoms with van der Waals surface area (Å²) in [5, 5.41) is 3.18. The molecule has 1 N–H and O–H groups in total. The molecule has 3 rings (SSSR count). The Morgan fingerprint density at radius 2 is 1.70 bits per heavy atom. The molecule has 3 fully saturated rings. The van der Waals surface area contributed by atoms with E-state index in [1.165, 1.54) is 0 Å². The third-order valence-electron chi connectivity index (χ3n) is 6.72. The highest BCUT2D eigenvalue weighted by Crippen LogP contribution is 2.48. The second-order valence-corrected chi connectivity index (χ2v) is 9.92. The molecule has 0 aromatic carbocycles. The summed E-state index contributed by atoms with van der Waals surface area (Å²) >= 11 is 0. The topological polar surface area (TPSA) is 55.9 Å². The number of nitrogens with zero attached hydrogens (tertiary/aromatic N) is 3. The van der Waals surface area contributed by atoms with Crippen LogP contribution in [-0.4, -0.2) is 84.9 Å². The SMILES string of the molecule is CCN1CCN(CCC(=O)N2CCC3(CC(NC(=O)C(C)(C)C)C3)C2)CC1.[HH]. The van der Waals surface area contributed by atoms with Gasteiger partial charge in [-0.15, -0.1) is 0 Å². The Labute approximate surface area is 166 Å². The molecule has 2 heterocycles. The first-order valence-electron chi connectivity index (χ1n) is 10.7. The number of carbonyl (C=O) groups is 2. The maximum atomic E-state index is 12.6. The van der Waals surface area contributed by atoms with Crippen molar-refractivity contribution in [3.8, 4) is 0 Å². The summed E-state index contributed by atoms with van der Waals surface area (Å²) in [4.78, 5) is 31.7. The zero-order valence-corrected chi connectivity index (χ0v) is 17.7. The highest BCUT2D eigenvalue weighted by atomic mass is 16.2. The van der Waals surface area contributed by atoms with Gasteiger partial charge in [0, 0.05) is 65.1 Å². The van der Waals surface area contributed by atoms with Gasteiger partial charge in [-0.05, 0) is 31.2 Å². The van der Waals surface area contributed by atoms with E-state index in [-0.39, 0.29) is 18.2 Å². The van der Waals surface area contributed by atoms with Crippen LogP contribution < -0.4 is 5.32 Å². The molecular weight excluding hydrogens is 340 g/mol. The van der Waals surface area contributed by atoms with Crippen LogP contribution in [0.2, 0.25) is 0 Å². The van der Waals surface area contributed by atoms with Gasteiger partial charge in [0.2, 0.25) is 11.8 Å². The Hall–Kier alpha value is -1.14. The number of hydrogen-bond acceptors (Lipinski definition) is 4.